The van der Waals surface area contributed by atoms with E-state index in [2.05, 4.69) is 15.5 Å². The van der Waals surface area contributed by atoms with Crippen LogP contribution in [-0.2, 0) is 11.2 Å². The second-order valence-electron chi connectivity index (χ2n) is 6.30. The molecule has 148 valence electrons. The number of H-pyrrole nitrogens is 1. The van der Waals surface area contributed by atoms with Gasteiger partial charge >= 0.3 is 6.18 Å². The zero-order valence-electron chi connectivity index (χ0n) is 15.3. The van der Waals surface area contributed by atoms with Gasteiger partial charge in [0.1, 0.15) is 0 Å². The first-order valence-corrected chi connectivity index (χ1v) is 8.39. The molecule has 1 aromatic heterocycles. The molecule has 0 aliphatic rings. The van der Waals surface area contributed by atoms with E-state index in [1.807, 2.05) is 13.8 Å². The van der Waals surface area contributed by atoms with Gasteiger partial charge in [-0.25, -0.2) is 0 Å². The largest absolute Gasteiger partial charge is 0.493 e. The van der Waals surface area contributed by atoms with E-state index in [1.165, 1.54) is 13.2 Å². The van der Waals surface area contributed by atoms with Crippen molar-refractivity contribution >= 4 is 11.7 Å². The van der Waals surface area contributed by atoms with Gasteiger partial charge in [0.2, 0.25) is 5.91 Å². The van der Waals surface area contributed by atoms with Crippen LogP contribution in [0.4, 0.5) is 19.0 Å². The van der Waals surface area contributed by atoms with Gasteiger partial charge in [-0.2, -0.15) is 18.3 Å². The molecule has 1 amide bonds. The Labute approximate surface area is 155 Å². The van der Waals surface area contributed by atoms with Gasteiger partial charge in [-0.1, -0.05) is 19.9 Å². The molecule has 0 fully saturated rings. The van der Waals surface area contributed by atoms with Gasteiger partial charge in [-0.3, -0.25) is 9.89 Å². The number of rotatable bonds is 8. The van der Waals surface area contributed by atoms with E-state index >= 15 is 0 Å². The van der Waals surface area contributed by atoms with Crippen LogP contribution in [0.25, 0.3) is 0 Å². The number of ether oxygens (including phenoxy) is 2. The monoisotopic (exact) mass is 385 g/mol. The average Bonchev–Trinajstić information content (AvgIpc) is 3.06. The number of carbonyl (C=O) groups excluding carboxylic acids is 1. The van der Waals surface area contributed by atoms with Crippen LogP contribution in [-0.4, -0.2) is 36.0 Å². The number of alkyl halides is 3. The Morgan fingerprint density at radius 1 is 1.26 bits per heavy atom. The van der Waals surface area contributed by atoms with Crippen LogP contribution >= 0.6 is 0 Å². The zero-order chi connectivity index (χ0) is 20.0. The number of carbonyl (C=O) groups is 1. The maximum atomic E-state index is 12.3. The minimum Gasteiger partial charge on any atom is -0.493 e. The summed E-state index contributed by atoms with van der Waals surface area (Å²) in [5.41, 5.74) is 1.66. The number of halogens is 3. The molecule has 9 heteroatoms. The van der Waals surface area contributed by atoms with Crippen molar-refractivity contribution in [3.8, 4) is 11.5 Å². The van der Waals surface area contributed by atoms with Crippen molar-refractivity contribution < 1.29 is 27.4 Å². The van der Waals surface area contributed by atoms with Gasteiger partial charge in [0.05, 0.1) is 7.11 Å². The molecule has 6 nitrogen and oxygen atoms in total. The number of hydrogen-bond acceptors (Lipinski definition) is 4. The fourth-order valence-corrected chi connectivity index (χ4v) is 2.31. The predicted molar refractivity (Wildman–Crippen MR) is 94.2 cm³/mol. The summed E-state index contributed by atoms with van der Waals surface area (Å²) in [7, 11) is 1.34. The Bertz CT molecular complexity index is 773. The van der Waals surface area contributed by atoms with Crippen LogP contribution in [0.2, 0.25) is 0 Å². The Hall–Kier alpha value is -2.71. The summed E-state index contributed by atoms with van der Waals surface area (Å²) in [6.45, 7) is 2.62. The smallest absolute Gasteiger partial charge is 0.422 e. The summed E-state index contributed by atoms with van der Waals surface area (Å²) in [5.74, 6) is 0.700. The first-order valence-electron chi connectivity index (χ1n) is 8.39. The molecule has 0 saturated heterocycles. The number of amides is 1. The highest BCUT2D eigenvalue weighted by molar-refractivity contribution is 5.89. The molecule has 27 heavy (non-hydrogen) atoms. The molecule has 1 heterocycles. The lowest BCUT2D eigenvalue weighted by atomic mass is 10.1. The number of hydrogen-bond donors (Lipinski definition) is 2. The van der Waals surface area contributed by atoms with E-state index in [1.54, 1.807) is 18.2 Å². The van der Waals surface area contributed by atoms with E-state index in [0.717, 1.165) is 11.3 Å². The van der Waals surface area contributed by atoms with Gasteiger partial charge in [0, 0.05) is 18.2 Å². The lowest BCUT2D eigenvalue weighted by molar-refractivity contribution is -0.153. The lowest BCUT2D eigenvalue weighted by Gasteiger charge is -2.13. The fraction of sp³-hybridized carbons (Fsp3) is 0.444. The fourth-order valence-electron chi connectivity index (χ4n) is 2.31. The highest BCUT2D eigenvalue weighted by atomic mass is 19.4. The Morgan fingerprint density at radius 2 is 2.00 bits per heavy atom. The topological polar surface area (TPSA) is 76.2 Å². The summed E-state index contributed by atoms with van der Waals surface area (Å²) < 4.78 is 46.6. The zero-order valence-corrected chi connectivity index (χ0v) is 15.3. The number of aromatic nitrogens is 2. The second-order valence-corrected chi connectivity index (χ2v) is 6.30. The normalized spacial score (nSPS) is 11.5. The van der Waals surface area contributed by atoms with Crippen molar-refractivity contribution in [2.24, 2.45) is 0 Å². The molecule has 1 aromatic carbocycles. The highest BCUT2D eigenvalue weighted by Gasteiger charge is 2.29. The van der Waals surface area contributed by atoms with Crippen LogP contribution < -0.4 is 14.8 Å². The molecular formula is C18H22F3N3O3. The quantitative estimate of drug-likeness (QED) is 0.719. The molecule has 0 aliphatic carbocycles. The number of aromatic amines is 1. The van der Waals surface area contributed by atoms with Crippen LogP contribution in [0.1, 0.15) is 37.4 Å². The summed E-state index contributed by atoms with van der Waals surface area (Å²) in [4.78, 5) is 12.1. The van der Waals surface area contributed by atoms with Gasteiger partial charge < -0.3 is 14.8 Å². The van der Waals surface area contributed by atoms with E-state index in [0.29, 0.717) is 12.2 Å². The third-order valence-corrected chi connectivity index (χ3v) is 3.75. The van der Waals surface area contributed by atoms with Crippen molar-refractivity contribution in [3.63, 3.8) is 0 Å². The van der Waals surface area contributed by atoms with Crippen molar-refractivity contribution in [2.75, 3.05) is 19.0 Å². The maximum Gasteiger partial charge on any atom is 0.422 e. The van der Waals surface area contributed by atoms with E-state index in [9.17, 15) is 18.0 Å². The van der Waals surface area contributed by atoms with Crippen molar-refractivity contribution in [1.29, 1.82) is 0 Å². The van der Waals surface area contributed by atoms with Crippen LogP contribution in [0.5, 0.6) is 11.5 Å². The highest BCUT2D eigenvalue weighted by Crippen LogP contribution is 2.30. The Kier molecular flexibility index (Phi) is 6.70. The molecule has 2 rings (SSSR count). The average molecular weight is 385 g/mol. The predicted octanol–water partition coefficient (Wildman–Crippen LogP) is 4.05. The van der Waals surface area contributed by atoms with E-state index in [-0.39, 0.29) is 29.7 Å². The molecule has 0 saturated carbocycles. The van der Waals surface area contributed by atoms with E-state index < -0.39 is 12.8 Å². The molecule has 0 aliphatic heterocycles. The molecule has 0 spiro atoms. The number of aryl methyl sites for hydroxylation is 1. The molecule has 0 radical (unpaired) electrons. The SMILES string of the molecule is COc1cc(CCC(=O)Nc2cc(C(C)C)[nH]n2)ccc1OCC(F)(F)F. The second kappa shape index (κ2) is 8.79. The minimum absolute atomic E-state index is 0.000708. The number of nitrogens with one attached hydrogen (secondary N) is 2. The molecule has 0 unspecified atom stereocenters. The van der Waals surface area contributed by atoms with Crippen molar-refractivity contribution in [2.45, 2.75) is 38.8 Å². The van der Waals surface area contributed by atoms with Crippen molar-refractivity contribution in [3.05, 3.63) is 35.5 Å². The number of anilines is 1. The van der Waals surface area contributed by atoms with Gasteiger partial charge in [0.15, 0.2) is 23.9 Å². The van der Waals surface area contributed by atoms with Crippen molar-refractivity contribution in [1.82, 2.24) is 10.2 Å². The first kappa shape index (κ1) is 20.6. The third-order valence-electron chi connectivity index (χ3n) is 3.75. The number of nitrogens with zero attached hydrogens (tertiary/aromatic N) is 1. The summed E-state index contributed by atoms with van der Waals surface area (Å²) in [5, 5.41) is 9.58. The number of methoxy groups -OCH3 is 1. The number of benzene rings is 1. The molecule has 0 atom stereocenters. The van der Waals surface area contributed by atoms with E-state index in [4.69, 9.17) is 9.47 Å². The minimum atomic E-state index is -4.43. The lowest BCUT2D eigenvalue weighted by Crippen LogP contribution is -2.19. The maximum absolute atomic E-state index is 12.3. The van der Waals surface area contributed by atoms with Crippen LogP contribution in [0.3, 0.4) is 0 Å². The van der Waals surface area contributed by atoms with Gasteiger partial charge in [-0.15, -0.1) is 0 Å². The standard InChI is InChI=1S/C18H22F3N3O3/c1-11(2)13-9-16(24-23-13)22-17(25)7-5-12-4-6-14(15(8-12)26-3)27-10-18(19,20)21/h4,6,8-9,11H,5,7,10H2,1-3H3,(H2,22,23,24,25). The molecule has 2 aromatic rings. The van der Waals surface area contributed by atoms with Gasteiger partial charge in [0.25, 0.3) is 0 Å². The third kappa shape index (κ3) is 6.50. The Morgan fingerprint density at radius 3 is 2.59 bits per heavy atom. The summed E-state index contributed by atoms with van der Waals surface area (Å²) in [6, 6.07) is 6.34. The molecular weight excluding hydrogens is 363 g/mol. The van der Waals surface area contributed by atoms with Crippen LogP contribution in [0, 0.1) is 0 Å². The Balaban J connectivity index is 1.91. The van der Waals surface area contributed by atoms with Crippen LogP contribution in [0.15, 0.2) is 24.3 Å². The van der Waals surface area contributed by atoms with Gasteiger partial charge in [-0.05, 0) is 30.0 Å². The summed E-state index contributed by atoms with van der Waals surface area (Å²) >= 11 is 0. The molecule has 2 N–H and O–H groups in total. The first-order chi connectivity index (χ1) is 12.7. The summed E-state index contributed by atoms with van der Waals surface area (Å²) in [6.07, 6.45) is -3.84. The molecule has 0 bridgehead atoms.